The molecular formula is C10H18N2O2. The first kappa shape index (κ1) is 9.93. The van der Waals surface area contributed by atoms with E-state index in [1.807, 2.05) is 0 Å². The number of rotatable bonds is 1. The van der Waals surface area contributed by atoms with Gasteiger partial charge in [-0.15, -0.1) is 0 Å². The molecule has 0 aromatic carbocycles. The summed E-state index contributed by atoms with van der Waals surface area (Å²) in [6.45, 7) is 4.05. The first-order chi connectivity index (χ1) is 6.68. The van der Waals surface area contributed by atoms with Gasteiger partial charge >= 0.3 is 5.97 Å². The van der Waals surface area contributed by atoms with Crippen LogP contribution < -0.4 is 0 Å². The largest absolute Gasteiger partial charge is 0.481 e. The molecule has 0 aromatic heterocycles. The Balaban J connectivity index is 2.09. The molecule has 4 heteroatoms. The van der Waals surface area contributed by atoms with Gasteiger partial charge in [-0.05, 0) is 39.5 Å². The molecule has 0 bridgehead atoms. The fraction of sp³-hybridized carbons (Fsp3) is 0.900. The highest BCUT2D eigenvalue weighted by Crippen LogP contribution is 2.26. The van der Waals surface area contributed by atoms with Gasteiger partial charge < -0.3 is 10.0 Å². The summed E-state index contributed by atoms with van der Waals surface area (Å²) in [6.07, 6.45) is 1.99. The summed E-state index contributed by atoms with van der Waals surface area (Å²) >= 11 is 0. The lowest BCUT2D eigenvalue weighted by Gasteiger charge is -2.25. The topological polar surface area (TPSA) is 43.8 Å². The first-order valence-corrected chi connectivity index (χ1v) is 5.34. The van der Waals surface area contributed by atoms with Crippen LogP contribution in [0.25, 0.3) is 0 Å². The zero-order valence-corrected chi connectivity index (χ0v) is 8.65. The Morgan fingerprint density at radius 1 is 1.36 bits per heavy atom. The van der Waals surface area contributed by atoms with E-state index in [9.17, 15) is 4.79 Å². The highest BCUT2D eigenvalue weighted by molar-refractivity contribution is 5.71. The highest BCUT2D eigenvalue weighted by atomic mass is 16.4. The number of carbonyl (C=O) groups is 1. The SMILES string of the molecule is CN1CCCN2CCC(C(=O)O)C2C1. The number of carboxylic acids is 1. The fourth-order valence-corrected chi connectivity index (χ4v) is 2.68. The maximum absolute atomic E-state index is 11.0. The number of fused-ring (bicyclic) bond motifs is 1. The maximum atomic E-state index is 11.0. The molecule has 4 nitrogen and oxygen atoms in total. The van der Waals surface area contributed by atoms with Crippen molar-refractivity contribution in [1.82, 2.24) is 9.80 Å². The molecule has 0 amide bonds. The van der Waals surface area contributed by atoms with E-state index in [4.69, 9.17) is 5.11 Å². The second-order valence-corrected chi connectivity index (χ2v) is 4.45. The maximum Gasteiger partial charge on any atom is 0.308 e. The van der Waals surface area contributed by atoms with Crippen molar-refractivity contribution >= 4 is 5.97 Å². The van der Waals surface area contributed by atoms with Gasteiger partial charge in [-0.1, -0.05) is 0 Å². The van der Waals surface area contributed by atoms with Gasteiger partial charge in [0, 0.05) is 12.6 Å². The standard InChI is InChI=1S/C10H18N2O2/c1-11-4-2-5-12-6-3-8(10(13)14)9(12)7-11/h8-9H,2-7H2,1H3,(H,13,14). The van der Waals surface area contributed by atoms with Crippen LogP contribution in [0.3, 0.4) is 0 Å². The Morgan fingerprint density at radius 2 is 2.14 bits per heavy atom. The van der Waals surface area contributed by atoms with Crippen molar-refractivity contribution in [3.63, 3.8) is 0 Å². The van der Waals surface area contributed by atoms with Crippen molar-refractivity contribution in [1.29, 1.82) is 0 Å². The fourth-order valence-electron chi connectivity index (χ4n) is 2.68. The van der Waals surface area contributed by atoms with Crippen molar-refractivity contribution in [2.45, 2.75) is 18.9 Å². The van der Waals surface area contributed by atoms with Gasteiger partial charge in [0.05, 0.1) is 5.92 Å². The molecule has 2 aliphatic rings. The second-order valence-electron chi connectivity index (χ2n) is 4.45. The smallest absolute Gasteiger partial charge is 0.308 e. The predicted molar refractivity (Wildman–Crippen MR) is 53.2 cm³/mol. The van der Waals surface area contributed by atoms with Crippen molar-refractivity contribution in [2.24, 2.45) is 5.92 Å². The quantitative estimate of drug-likeness (QED) is 0.649. The molecule has 14 heavy (non-hydrogen) atoms. The van der Waals surface area contributed by atoms with E-state index >= 15 is 0 Å². The summed E-state index contributed by atoms with van der Waals surface area (Å²) in [5.41, 5.74) is 0. The molecule has 0 saturated carbocycles. The summed E-state index contributed by atoms with van der Waals surface area (Å²) in [7, 11) is 2.08. The van der Waals surface area contributed by atoms with Gasteiger partial charge in [0.15, 0.2) is 0 Å². The lowest BCUT2D eigenvalue weighted by molar-refractivity contribution is -0.142. The number of hydrogen-bond donors (Lipinski definition) is 1. The Labute approximate surface area is 84.5 Å². The van der Waals surface area contributed by atoms with Crippen LogP contribution in [0.1, 0.15) is 12.8 Å². The van der Waals surface area contributed by atoms with E-state index < -0.39 is 5.97 Å². The minimum Gasteiger partial charge on any atom is -0.481 e. The van der Waals surface area contributed by atoms with Gasteiger partial charge in [-0.2, -0.15) is 0 Å². The summed E-state index contributed by atoms with van der Waals surface area (Å²) in [4.78, 5) is 15.6. The number of hydrogen-bond acceptors (Lipinski definition) is 3. The Hall–Kier alpha value is -0.610. The van der Waals surface area contributed by atoms with E-state index in [2.05, 4.69) is 16.8 Å². The molecule has 0 spiro atoms. The number of likely N-dealkylation sites (N-methyl/N-ethyl adjacent to an activating group) is 1. The monoisotopic (exact) mass is 198 g/mol. The van der Waals surface area contributed by atoms with Gasteiger partial charge in [-0.25, -0.2) is 0 Å². The molecular weight excluding hydrogens is 180 g/mol. The van der Waals surface area contributed by atoms with E-state index in [0.717, 1.165) is 32.6 Å². The minimum atomic E-state index is -0.618. The van der Waals surface area contributed by atoms with Gasteiger partial charge in [0.2, 0.25) is 0 Å². The van der Waals surface area contributed by atoms with E-state index in [1.54, 1.807) is 0 Å². The summed E-state index contributed by atoms with van der Waals surface area (Å²) in [5, 5.41) is 9.09. The van der Waals surface area contributed by atoms with Crippen LogP contribution in [-0.4, -0.2) is 60.1 Å². The van der Waals surface area contributed by atoms with Gasteiger partial charge in [-0.3, -0.25) is 9.69 Å². The molecule has 80 valence electrons. The van der Waals surface area contributed by atoms with Crippen molar-refractivity contribution < 1.29 is 9.90 Å². The van der Waals surface area contributed by atoms with Crippen LogP contribution in [0.5, 0.6) is 0 Å². The van der Waals surface area contributed by atoms with Crippen LogP contribution in [0, 0.1) is 5.92 Å². The van der Waals surface area contributed by atoms with E-state index in [0.29, 0.717) is 0 Å². The lowest BCUT2D eigenvalue weighted by atomic mass is 10.0. The molecule has 2 saturated heterocycles. The molecule has 2 unspecified atom stereocenters. The number of carboxylic acid groups (broad SMARTS) is 1. The zero-order valence-electron chi connectivity index (χ0n) is 8.65. The second kappa shape index (κ2) is 3.87. The Kier molecular flexibility index (Phi) is 2.74. The van der Waals surface area contributed by atoms with Gasteiger partial charge in [0.1, 0.15) is 0 Å². The van der Waals surface area contributed by atoms with Crippen molar-refractivity contribution in [2.75, 3.05) is 33.2 Å². The van der Waals surface area contributed by atoms with Crippen LogP contribution in [0.15, 0.2) is 0 Å². The van der Waals surface area contributed by atoms with Crippen LogP contribution in [-0.2, 0) is 4.79 Å². The van der Waals surface area contributed by atoms with Crippen LogP contribution in [0.4, 0.5) is 0 Å². The van der Waals surface area contributed by atoms with Crippen molar-refractivity contribution in [3.8, 4) is 0 Å². The summed E-state index contributed by atoms with van der Waals surface area (Å²) < 4.78 is 0. The Morgan fingerprint density at radius 3 is 2.86 bits per heavy atom. The third-order valence-corrected chi connectivity index (χ3v) is 3.46. The molecule has 1 N–H and O–H groups in total. The van der Waals surface area contributed by atoms with E-state index in [-0.39, 0.29) is 12.0 Å². The molecule has 0 aliphatic carbocycles. The van der Waals surface area contributed by atoms with Gasteiger partial charge in [0.25, 0.3) is 0 Å². The first-order valence-electron chi connectivity index (χ1n) is 5.34. The zero-order chi connectivity index (χ0) is 10.1. The normalized spacial score (nSPS) is 35.2. The van der Waals surface area contributed by atoms with E-state index in [1.165, 1.54) is 6.42 Å². The highest BCUT2D eigenvalue weighted by Gasteiger charge is 2.39. The molecule has 2 atom stereocenters. The lowest BCUT2D eigenvalue weighted by Crippen LogP contribution is -2.41. The molecule has 0 radical (unpaired) electrons. The van der Waals surface area contributed by atoms with Crippen LogP contribution in [0.2, 0.25) is 0 Å². The minimum absolute atomic E-state index is 0.143. The molecule has 2 heterocycles. The average molecular weight is 198 g/mol. The predicted octanol–water partition coefficient (Wildman–Crippen LogP) is 0.0970. The summed E-state index contributed by atoms with van der Waals surface area (Å²) in [6, 6.07) is 0.250. The molecule has 2 rings (SSSR count). The number of aliphatic carboxylic acids is 1. The number of nitrogens with zero attached hydrogens (tertiary/aromatic N) is 2. The van der Waals surface area contributed by atoms with Crippen molar-refractivity contribution in [3.05, 3.63) is 0 Å². The van der Waals surface area contributed by atoms with Crippen LogP contribution >= 0.6 is 0 Å². The average Bonchev–Trinajstić information content (AvgIpc) is 2.41. The third-order valence-electron chi connectivity index (χ3n) is 3.46. The summed E-state index contributed by atoms with van der Waals surface area (Å²) in [5.74, 6) is -0.761. The molecule has 2 fully saturated rings. The molecule has 0 aromatic rings. The third kappa shape index (κ3) is 1.77. The molecule has 2 aliphatic heterocycles. The Bertz CT molecular complexity index is 232.